The van der Waals surface area contributed by atoms with Crippen LogP contribution in [0.3, 0.4) is 0 Å². The molecule has 0 unspecified atom stereocenters. The molecule has 1 fully saturated rings. The third-order valence-electron chi connectivity index (χ3n) is 7.76. The van der Waals surface area contributed by atoms with Gasteiger partial charge in [-0.2, -0.15) is 0 Å². The normalized spacial score (nSPS) is 17.7. The Hall–Kier alpha value is -4.89. The van der Waals surface area contributed by atoms with Crippen molar-refractivity contribution in [1.82, 2.24) is 31.2 Å². The average molecular weight is 655 g/mol. The SMILES string of the molecule is COc1ccc2c(c1)C(=O)N(C[C@]1(c3cc4cc(C(=O)NCCN(C)CCNC(=O)OC(C)(C)C)c(F)cc4o3)CONC(=O)N1)C2. The zero-order valence-electron chi connectivity index (χ0n) is 27.0. The molecule has 1 saturated heterocycles. The zero-order chi connectivity index (χ0) is 33.9. The number of fused-ring (bicyclic) bond motifs is 2. The summed E-state index contributed by atoms with van der Waals surface area (Å²) in [7, 11) is 3.35. The molecule has 14 nitrogen and oxygen atoms in total. The second-order valence-corrected chi connectivity index (χ2v) is 12.6. The summed E-state index contributed by atoms with van der Waals surface area (Å²) in [5.74, 6) is -0.883. The molecule has 0 saturated carbocycles. The molecule has 47 heavy (non-hydrogen) atoms. The van der Waals surface area contributed by atoms with Gasteiger partial charge in [-0.15, -0.1) is 0 Å². The number of ether oxygens (including phenoxy) is 2. The maximum absolute atomic E-state index is 15.2. The lowest BCUT2D eigenvalue weighted by Gasteiger charge is -2.38. The molecule has 0 radical (unpaired) electrons. The van der Waals surface area contributed by atoms with Crippen LogP contribution in [0.25, 0.3) is 11.0 Å². The number of hydroxylamine groups is 1. The molecule has 15 heteroatoms. The number of alkyl carbamates (subject to hydrolysis) is 1. The third-order valence-corrected chi connectivity index (χ3v) is 7.76. The van der Waals surface area contributed by atoms with Gasteiger partial charge >= 0.3 is 12.1 Å². The number of hydrogen-bond donors (Lipinski definition) is 4. The van der Waals surface area contributed by atoms with Crippen LogP contribution in [0.2, 0.25) is 0 Å². The van der Waals surface area contributed by atoms with Crippen LogP contribution in [0.5, 0.6) is 5.75 Å². The van der Waals surface area contributed by atoms with Crippen LogP contribution < -0.4 is 26.2 Å². The maximum atomic E-state index is 15.2. The highest BCUT2D eigenvalue weighted by Gasteiger charge is 2.45. The summed E-state index contributed by atoms with van der Waals surface area (Å²) >= 11 is 0. The van der Waals surface area contributed by atoms with E-state index < -0.39 is 35.0 Å². The van der Waals surface area contributed by atoms with Crippen molar-refractivity contribution in [3.63, 3.8) is 0 Å². The monoisotopic (exact) mass is 654 g/mol. The molecule has 2 aromatic carbocycles. The molecule has 0 aliphatic carbocycles. The molecule has 1 aromatic heterocycles. The van der Waals surface area contributed by atoms with Gasteiger partial charge in [-0.3, -0.25) is 14.4 Å². The highest BCUT2D eigenvalue weighted by Crippen LogP contribution is 2.35. The minimum absolute atomic E-state index is 0.00723. The number of rotatable bonds is 11. The Bertz CT molecular complexity index is 1690. The topological polar surface area (TPSA) is 164 Å². The summed E-state index contributed by atoms with van der Waals surface area (Å²) in [6, 6.07) is 8.70. The molecule has 4 N–H and O–H groups in total. The van der Waals surface area contributed by atoms with Gasteiger partial charge in [-0.1, -0.05) is 6.07 Å². The van der Waals surface area contributed by atoms with Crippen molar-refractivity contribution in [2.45, 2.75) is 38.5 Å². The highest BCUT2D eigenvalue weighted by atomic mass is 19.1. The van der Waals surface area contributed by atoms with Crippen LogP contribution in [0.4, 0.5) is 14.0 Å². The molecule has 0 spiro atoms. The van der Waals surface area contributed by atoms with E-state index >= 15 is 4.39 Å². The first-order chi connectivity index (χ1) is 22.3. The molecule has 5 amide bonds. The van der Waals surface area contributed by atoms with Crippen LogP contribution in [-0.2, 0) is 21.7 Å². The molecule has 2 aliphatic heterocycles. The van der Waals surface area contributed by atoms with Gasteiger partial charge in [-0.25, -0.2) is 19.5 Å². The summed E-state index contributed by atoms with van der Waals surface area (Å²) in [6.07, 6.45) is -0.510. The van der Waals surface area contributed by atoms with Crippen LogP contribution in [0, 0.1) is 5.82 Å². The Kier molecular flexibility index (Phi) is 9.58. The van der Waals surface area contributed by atoms with Gasteiger partial charge in [0.05, 0.1) is 19.2 Å². The molecule has 3 aromatic rings. The standard InChI is InChI=1S/C32H39FN6O8/c1-31(2,3)47-30(43)35-9-11-38(4)10-8-34-27(40)23-12-20-13-26(46-25(20)15-24(23)33)32(18-45-37-29(42)36-32)17-39-16-19-6-7-21(44-5)14-22(19)28(39)41/h6-7,12-15H,8-11,16-18H2,1-5H3,(H,34,40)(H,35,43)(H2,36,37,42)/t32-/m1/s1. The molecule has 3 heterocycles. The van der Waals surface area contributed by atoms with Gasteiger partial charge in [-0.05, 0) is 57.6 Å². The van der Waals surface area contributed by atoms with Crippen LogP contribution >= 0.6 is 0 Å². The lowest BCUT2D eigenvalue weighted by molar-refractivity contribution is -0.0284. The first-order valence-corrected chi connectivity index (χ1v) is 15.1. The molecular weight excluding hydrogens is 615 g/mol. The minimum atomic E-state index is -1.31. The number of furan rings is 1. The minimum Gasteiger partial charge on any atom is -0.497 e. The fourth-order valence-electron chi connectivity index (χ4n) is 5.42. The Morgan fingerprint density at radius 3 is 2.55 bits per heavy atom. The predicted octanol–water partition coefficient (Wildman–Crippen LogP) is 2.86. The van der Waals surface area contributed by atoms with Gasteiger partial charge in [0.25, 0.3) is 11.8 Å². The average Bonchev–Trinajstić information content (AvgIpc) is 3.55. The fourth-order valence-corrected chi connectivity index (χ4v) is 5.42. The fraction of sp³-hybridized carbons (Fsp3) is 0.438. The number of amides is 5. The van der Waals surface area contributed by atoms with Crippen molar-refractivity contribution in [2.24, 2.45) is 0 Å². The third kappa shape index (κ3) is 7.74. The molecular formula is C32H39FN6O8. The predicted molar refractivity (Wildman–Crippen MR) is 167 cm³/mol. The molecule has 5 rings (SSSR count). The quantitative estimate of drug-likeness (QED) is 0.244. The number of nitrogens with zero attached hydrogens (tertiary/aromatic N) is 2. The van der Waals surface area contributed by atoms with E-state index in [1.54, 1.807) is 43.9 Å². The highest BCUT2D eigenvalue weighted by molar-refractivity contribution is 5.99. The van der Waals surface area contributed by atoms with E-state index in [0.717, 1.165) is 11.6 Å². The summed E-state index contributed by atoms with van der Waals surface area (Å²) in [4.78, 5) is 59.4. The summed E-state index contributed by atoms with van der Waals surface area (Å²) in [5.41, 5.74) is 1.60. The molecule has 0 bridgehead atoms. The van der Waals surface area contributed by atoms with Crippen molar-refractivity contribution in [3.8, 4) is 5.75 Å². The van der Waals surface area contributed by atoms with Crippen molar-refractivity contribution in [3.05, 3.63) is 64.7 Å². The first-order valence-electron chi connectivity index (χ1n) is 15.1. The smallest absolute Gasteiger partial charge is 0.407 e. The molecule has 2 aliphatic rings. The molecule has 1 atom stereocenters. The number of methoxy groups -OCH3 is 1. The number of benzene rings is 2. The second-order valence-electron chi connectivity index (χ2n) is 12.6. The van der Waals surface area contributed by atoms with Crippen molar-refractivity contribution < 1.29 is 42.3 Å². The van der Waals surface area contributed by atoms with Crippen molar-refractivity contribution >= 4 is 34.9 Å². The van der Waals surface area contributed by atoms with E-state index in [0.29, 0.717) is 36.3 Å². The first kappa shape index (κ1) is 33.5. The van der Waals surface area contributed by atoms with Crippen LogP contribution in [0.1, 0.15) is 52.8 Å². The number of carbonyl (C=O) groups is 4. The second kappa shape index (κ2) is 13.5. The summed E-state index contributed by atoms with van der Waals surface area (Å²) in [5, 5.41) is 8.64. The van der Waals surface area contributed by atoms with Gasteiger partial charge in [0, 0.05) is 49.7 Å². The Balaban J connectivity index is 1.25. The number of halogens is 1. The Morgan fingerprint density at radius 1 is 1.11 bits per heavy atom. The van der Waals surface area contributed by atoms with Gasteiger partial charge < -0.3 is 39.6 Å². The molecule has 252 valence electrons. The number of nitrogens with one attached hydrogen (secondary N) is 4. The Morgan fingerprint density at radius 2 is 1.85 bits per heavy atom. The van der Waals surface area contributed by atoms with Gasteiger partial charge in [0.2, 0.25) is 0 Å². The van der Waals surface area contributed by atoms with E-state index in [9.17, 15) is 19.2 Å². The van der Waals surface area contributed by atoms with Gasteiger partial charge in [0.1, 0.15) is 40.7 Å². The lowest BCUT2D eigenvalue weighted by atomic mass is 9.95. The van der Waals surface area contributed by atoms with E-state index in [-0.39, 0.29) is 49.1 Å². The number of hydrogen-bond acceptors (Lipinski definition) is 9. The number of carbonyl (C=O) groups excluding carboxylic acids is 4. The Labute approximate surface area is 270 Å². The van der Waals surface area contributed by atoms with Crippen molar-refractivity contribution in [1.29, 1.82) is 0 Å². The van der Waals surface area contributed by atoms with E-state index in [1.807, 2.05) is 18.0 Å². The zero-order valence-corrected chi connectivity index (χ0v) is 27.0. The number of urea groups is 1. The maximum Gasteiger partial charge on any atom is 0.407 e. The van der Waals surface area contributed by atoms with E-state index in [2.05, 4.69) is 21.4 Å². The summed E-state index contributed by atoms with van der Waals surface area (Å²) in [6.45, 7) is 7.06. The largest absolute Gasteiger partial charge is 0.497 e. The number of likely N-dealkylation sites (N-methyl/N-ethyl adjacent to an activating group) is 1. The van der Waals surface area contributed by atoms with Crippen molar-refractivity contribution in [2.75, 3.05) is 53.5 Å². The van der Waals surface area contributed by atoms with Crippen LogP contribution in [0.15, 0.2) is 40.8 Å². The lowest BCUT2D eigenvalue weighted by Crippen LogP contribution is -2.62. The summed E-state index contributed by atoms with van der Waals surface area (Å²) < 4.78 is 31.7. The van der Waals surface area contributed by atoms with Crippen LogP contribution in [-0.4, -0.2) is 92.8 Å². The van der Waals surface area contributed by atoms with E-state index in [1.165, 1.54) is 13.2 Å². The van der Waals surface area contributed by atoms with Gasteiger partial charge in [0.15, 0.2) is 0 Å². The van der Waals surface area contributed by atoms with E-state index in [4.69, 9.17) is 18.7 Å².